The zero-order chi connectivity index (χ0) is 14.8. The van der Waals surface area contributed by atoms with Gasteiger partial charge in [-0.1, -0.05) is 32.0 Å². The van der Waals surface area contributed by atoms with E-state index in [-0.39, 0.29) is 5.91 Å². The first-order valence-electron chi connectivity index (χ1n) is 7.06. The SMILES string of the molecule is CCCN(CCC)C(=O)CSCc1ccccc1C#N. The second-order valence-corrected chi connectivity index (χ2v) is 5.63. The average Bonchev–Trinajstić information content (AvgIpc) is 2.47. The molecule has 0 spiro atoms. The molecular formula is C16H22N2OS. The van der Waals surface area contributed by atoms with Crippen molar-refractivity contribution in [2.45, 2.75) is 32.4 Å². The number of carbonyl (C=O) groups excluding carboxylic acids is 1. The van der Waals surface area contributed by atoms with E-state index in [0.29, 0.717) is 17.1 Å². The minimum absolute atomic E-state index is 0.202. The van der Waals surface area contributed by atoms with Gasteiger partial charge in [0.2, 0.25) is 5.91 Å². The predicted molar refractivity (Wildman–Crippen MR) is 84.5 cm³/mol. The molecule has 0 fully saturated rings. The highest BCUT2D eigenvalue weighted by atomic mass is 32.2. The van der Waals surface area contributed by atoms with E-state index in [2.05, 4.69) is 19.9 Å². The molecule has 0 unspecified atom stereocenters. The van der Waals surface area contributed by atoms with Gasteiger partial charge in [0.1, 0.15) is 0 Å². The predicted octanol–water partition coefficient (Wildman–Crippen LogP) is 3.44. The number of hydrogen-bond acceptors (Lipinski definition) is 3. The van der Waals surface area contributed by atoms with Crippen LogP contribution in [0.5, 0.6) is 0 Å². The first-order chi connectivity index (χ1) is 9.72. The van der Waals surface area contributed by atoms with Gasteiger partial charge in [0, 0.05) is 18.8 Å². The van der Waals surface area contributed by atoms with Crippen LogP contribution < -0.4 is 0 Å². The lowest BCUT2D eigenvalue weighted by atomic mass is 10.1. The van der Waals surface area contributed by atoms with Crippen molar-refractivity contribution >= 4 is 17.7 Å². The molecule has 0 aromatic heterocycles. The summed E-state index contributed by atoms with van der Waals surface area (Å²) in [4.78, 5) is 14.0. The van der Waals surface area contributed by atoms with Crippen molar-refractivity contribution in [2.75, 3.05) is 18.8 Å². The van der Waals surface area contributed by atoms with E-state index >= 15 is 0 Å². The van der Waals surface area contributed by atoms with Crippen molar-refractivity contribution in [3.8, 4) is 6.07 Å². The molecule has 1 amide bonds. The zero-order valence-corrected chi connectivity index (χ0v) is 13.1. The number of benzene rings is 1. The Kier molecular flexibility index (Phi) is 7.82. The van der Waals surface area contributed by atoms with Crippen LogP contribution in [0.1, 0.15) is 37.8 Å². The summed E-state index contributed by atoms with van der Waals surface area (Å²) in [5.41, 5.74) is 1.71. The summed E-state index contributed by atoms with van der Waals surface area (Å²) in [6.45, 7) is 5.85. The Morgan fingerprint density at radius 3 is 2.50 bits per heavy atom. The van der Waals surface area contributed by atoms with Crippen LogP contribution in [-0.2, 0) is 10.5 Å². The van der Waals surface area contributed by atoms with Gasteiger partial charge in [0.25, 0.3) is 0 Å². The molecule has 0 heterocycles. The zero-order valence-electron chi connectivity index (χ0n) is 12.3. The Morgan fingerprint density at radius 1 is 1.25 bits per heavy atom. The maximum absolute atomic E-state index is 12.1. The highest BCUT2D eigenvalue weighted by Gasteiger charge is 2.11. The molecule has 1 aromatic rings. The summed E-state index contributed by atoms with van der Waals surface area (Å²) in [6.07, 6.45) is 1.99. The fourth-order valence-electron chi connectivity index (χ4n) is 2.00. The summed E-state index contributed by atoms with van der Waals surface area (Å²) >= 11 is 1.58. The van der Waals surface area contributed by atoms with Crippen LogP contribution in [0.15, 0.2) is 24.3 Å². The van der Waals surface area contributed by atoms with E-state index in [1.807, 2.05) is 29.2 Å². The average molecular weight is 290 g/mol. The second kappa shape index (κ2) is 9.44. The third-order valence-corrected chi connectivity index (χ3v) is 3.93. The molecule has 108 valence electrons. The van der Waals surface area contributed by atoms with Gasteiger partial charge in [0.05, 0.1) is 17.4 Å². The smallest absolute Gasteiger partial charge is 0.232 e. The third kappa shape index (κ3) is 5.26. The molecule has 20 heavy (non-hydrogen) atoms. The molecule has 1 rings (SSSR count). The Bertz CT molecular complexity index is 462. The van der Waals surface area contributed by atoms with Crippen molar-refractivity contribution in [3.63, 3.8) is 0 Å². The molecule has 0 saturated carbocycles. The van der Waals surface area contributed by atoms with Crippen molar-refractivity contribution in [2.24, 2.45) is 0 Å². The summed E-state index contributed by atoms with van der Waals surface area (Å²) < 4.78 is 0. The Labute approximate surface area is 126 Å². The van der Waals surface area contributed by atoms with Crippen LogP contribution in [0.25, 0.3) is 0 Å². The molecule has 3 nitrogen and oxygen atoms in total. The molecule has 0 aliphatic heterocycles. The summed E-state index contributed by atoms with van der Waals surface area (Å²) in [7, 11) is 0. The Morgan fingerprint density at radius 2 is 1.90 bits per heavy atom. The topological polar surface area (TPSA) is 44.1 Å². The third-order valence-electron chi connectivity index (χ3n) is 2.96. The number of carbonyl (C=O) groups is 1. The summed E-state index contributed by atoms with van der Waals surface area (Å²) in [6, 6.07) is 9.75. The number of nitriles is 1. The van der Waals surface area contributed by atoms with Crippen molar-refractivity contribution in [1.29, 1.82) is 5.26 Å². The van der Waals surface area contributed by atoms with E-state index in [1.54, 1.807) is 11.8 Å². The van der Waals surface area contributed by atoms with Crippen LogP contribution in [0.4, 0.5) is 0 Å². The number of thioether (sulfide) groups is 1. The minimum atomic E-state index is 0.202. The lowest BCUT2D eigenvalue weighted by Crippen LogP contribution is -2.33. The first-order valence-corrected chi connectivity index (χ1v) is 8.21. The molecule has 1 aromatic carbocycles. The molecule has 4 heteroatoms. The van der Waals surface area contributed by atoms with E-state index < -0.39 is 0 Å². The van der Waals surface area contributed by atoms with Gasteiger partial charge in [-0.25, -0.2) is 0 Å². The number of amides is 1. The van der Waals surface area contributed by atoms with Crippen LogP contribution in [0, 0.1) is 11.3 Å². The minimum Gasteiger partial charge on any atom is -0.342 e. The quantitative estimate of drug-likeness (QED) is 0.736. The standard InChI is InChI=1S/C16H22N2OS/c1-3-9-18(10-4-2)16(19)13-20-12-15-8-6-5-7-14(15)11-17/h5-8H,3-4,9-10,12-13H2,1-2H3. The maximum atomic E-state index is 12.1. The molecule has 0 radical (unpaired) electrons. The van der Waals surface area contributed by atoms with Gasteiger partial charge in [-0.15, -0.1) is 11.8 Å². The molecule has 0 bridgehead atoms. The van der Waals surface area contributed by atoms with Gasteiger partial charge < -0.3 is 4.90 Å². The fourth-order valence-corrected chi connectivity index (χ4v) is 2.93. The number of hydrogen-bond donors (Lipinski definition) is 0. The van der Waals surface area contributed by atoms with Crippen LogP contribution in [0.3, 0.4) is 0 Å². The largest absolute Gasteiger partial charge is 0.342 e. The maximum Gasteiger partial charge on any atom is 0.232 e. The fraction of sp³-hybridized carbons (Fsp3) is 0.500. The molecule has 0 saturated heterocycles. The Hall–Kier alpha value is -1.47. The lowest BCUT2D eigenvalue weighted by Gasteiger charge is -2.21. The molecular weight excluding hydrogens is 268 g/mol. The van der Waals surface area contributed by atoms with E-state index in [1.165, 1.54) is 0 Å². The highest BCUT2D eigenvalue weighted by molar-refractivity contribution is 7.99. The number of nitrogens with zero attached hydrogens (tertiary/aromatic N) is 2. The summed E-state index contributed by atoms with van der Waals surface area (Å²) in [5, 5.41) is 9.02. The molecule has 0 atom stereocenters. The molecule has 0 aliphatic rings. The number of rotatable bonds is 8. The normalized spacial score (nSPS) is 10.1. The monoisotopic (exact) mass is 290 g/mol. The van der Waals surface area contributed by atoms with Gasteiger partial charge in [-0.05, 0) is 24.5 Å². The van der Waals surface area contributed by atoms with Gasteiger partial charge in [0.15, 0.2) is 0 Å². The molecule has 0 N–H and O–H groups in total. The van der Waals surface area contributed by atoms with Crippen molar-refractivity contribution < 1.29 is 4.79 Å². The van der Waals surface area contributed by atoms with E-state index in [0.717, 1.165) is 31.5 Å². The van der Waals surface area contributed by atoms with Gasteiger partial charge in [-0.3, -0.25) is 4.79 Å². The first kappa shape index (κ1) is 16.6. The van der Waals surface area contributed by atoms with Gasteiger partial charge >= 0.3 is 0 Å². The lowest BCUT2D eigenvalue weighted by molar-refractivity contribution is -0.128. The Balaban J connectivity index is 2.47. The van der Waals surface area contributed by atoms with Crippen LogP contribution >= 0.6 is 11.8 Å². The van der Waals surface area contributed by atoms with E-state index in [9.17, 15) is 4.79 Å². The molecule has 0 aliphatic carbocycles. The second-order valence-electron chi connectivity index (χ2n) is 4.64. The highest BCUT2D eigenvalue weighted by Crippen LogP contribution is 2.16. The van der Waals surface area contributed by atoms with Crippen molar-refractivity contribution in [1.82, 2.24) is 4.90 Å². The van der Waals surface area contributed by atoms with Gasteiger partial charge in [-0.2, -0.15) is 5.26 Å². The van der Waals surface area contributed by atoms with E-state index in [4.69, 9.17) is 5.26 Å². The van der Waals surface area contributed by atoms with Crippen LogP contribution in [0.2, 0.25) is 0 Å². The van der Waals surface area contributed by atoms with Crippen LogP contribution in [-0.4, -0.2) is 29.6 Å². The van der Waals surface area contributed by atoms with Crippen molar-refractivity contribution in [3.05, 3.63) is 35.4 Å². The summed E-state index contributed by atoms with van der Waals surface area (Å²) in [5.74, 6) is 1.40.